The Morgan fingerprint density at radius 3 is 2.73 bits per heavy atom. The summed E-state index contributed by atoms with van der Waals surface area (Å²) >= 11 is 0. The molecule has 4 rings (SSSR count). The van der Waals surface area contributed by atoms with Crippen molar-refractivity contribution in [3.05, 3.63) is 71.3 Å². The minimum atomic E-state index is -0.292. The Morgan fingerprint density at radius 2 is 2.00 bits per heavy atom. The summed E-state index contributed by atoms with van der Waals surface area (Å²) < 4.78 is 10.4. The second-order valence-electron chi connectivity index (χ2n) is 6.77. The molecular formula is C22H23NO3. The number of benzene rings is 2. The largest absolute Gasteiger partial charge is 0.494 e. The summed E-state index contributed by atoms with van der Waals surface area (Å²) in [4.78, 5) is 11.9. The standard InChI is InChI=1S/C22H23NO3/c1-3-26-16-10-7-14(8-11-16)21-18-6-4-5-17(18)19-13-15(22(24)25-2)9-12-20(19)23-21/h4-5,7-13,17-18,21,23H,3,6H2,1-2H3. The lowest BCUT2D eigenvalue weighted by molar-refractivity contribution is 0.0600. The molecule has 0 spiro atoms. The molecule has 0 bridgehead atoms. The van der Waals surface area contributed by atoms with Crippen LogP contribution in [0.25, 0.3) is 0 Å². The summed E-state index contributed by atoms with van der Waals surface area (Å²) in [5.74, 6) is 1.36. The van der Waals surface area contributed by atoms with Gasteiger partial charge in [-0.1, -0.05) is 24.3 Å². The fraction of sp³-hybridized carbons (Fsp3) is 0.318. The molecule has 4 nitrogen and oxygen atoms in total. The summed E-state index contributed by atoms with van der Waals surface area (Å²) in [7, 11) is 1.42. The van der Waals surface area contributed by atoms with Crippen LogP contribution in [0.1, 0.15) is 46.8 Å². The lowest BCUT2D eigenvalue weighted by Gasteiger charge is -2.37. The molecule has 0 saturated heterocycles. The van der Waals surface area contributed by atoms with Crippen molar-refractivity contribution in [3.63, 3.8) is 0 Å². The van der Waals surface area contributed by atoms with Gasteiger partial charge in [-0.25, -0.2) is 4.79 Å². The van der Waals surface area contributed by atoms with E-state index in [4.69, 9.17) is 9.47 Å². The number of hydrogen-bond acceptors (Lipinski definition) is 4. The number of rotatable bonds is 4. The second-order valence-corrected chi connectivity index (χ2v) is 6.77. The van der Waals surface area contributed by atoms with Gasteiger partial charge in [-0.15, -0.1) is 0 Å². The van der Waals surface area contributed by atoms with Gasteiger partial charge in [0, 0.05) is 11.6 Å². The first kappa shape index (κ1) is 16.7. The summed E-state index contributed by atoms with van der Waals surface area (Å²) in [5.41, 5.74) is 4.12. The van der Waals surface area contributed by atoms with Crippen molar-refractivity contribution in [2.45, 2.75) is 25.3 Å². The highest BCUT2D eigenvalue weighted by molar-refractivity contribution is 5.90. The lowest BCUT2D eigenvalue weighted by atomic mass is 9.76. The smallest absolute Gasteiger partial charge is 0.337 e. The van der Waals surface area contributed by atoms with Crippen LogP contribution in [-0.4, -0.2) is 19.7 Å². The highest BCUT2D eigenvalue weighted by Crippen LogP contribution is 2.50. The molecule has 2 aliphatic rings. The van der Waals surface area contributed by atoms with Crippen LogP contribution in [0.5, 0.6) is 5.75 Å². The quantitative estimate of drug-likeness (QED) is 0.642. The molecule has 3 unspecified atom stereocenters. The van der Waals surface area contributed by atoms with Crippen molar-refractivity contribution in [2.75, 3.05) is 19.0 Å². The third-order valence-electron chi connectivity index (χ3n) is 5.33. The van der Waals surface area contributed by atoms with Crippen LogP contribution in [-0.2, 0) is 4.74 Å². The molecule has 0 saturated carbocycles. The van der Waals surface area contributed by atoms with Gasteiger partial charge in [-0.3, -0.25) is 0 Å². The van der Waals surface area contributed by atoms with Gasteiger partial charge >= 0.3 is 5.97 Å². The molecule has 0 fully saturated rings. The van der Waals surface area contributed by atoms with E-state index in [1.807, 2.05) is 37.3 Å². The number of allylic oxidation sites excluding steroid dienone is 2. The number of methoxy groups -OCH3 is 1. The van der Waals surface area contributed by atoms with E-state index in [0.717, 1.165) is 17.9 Å². The maximum atomic E-state index is 11.9. The Bertz CT molecular complexity index is 841. The van der Waals surface area contributed by atoms with Crippen molar-refractivity contribution < 1.29 is 14.3 Å². The van der Waals surface area contributed by atoms with Crippen LogP contribution in [0.2, 0.25) is 0 Å². The van der Waals surface area contributed by atoms with Crippen LogP contribution in [0.3, 0.4) is 0 Å². The summed E-state index contributed by atoms with van der Waals surface area (Å²) in [6, 6.07) is 14.4. The SMILES string of the molecule is CCOc1ccc(C2Nc3ccc(C(=O)OC)cc3C3C=CCC32)cc1. The number of carbonyl (C=O) groups is 1. The van der Waals surface area contributed by atoms with Gasteiger partial charge in [0.15, 0.2) is 0 Å². The van der Waals surface area contributed by atoms with Crippen LogP contribution >= 0.6 is 0 Å². The van der Waals surface area contributed by atoms with Gasteiger partial charge in [0.2, 0.25) is 0 Å². The maximum Gasteiger partial charge on any atom is 0.337 e. The molecule has 0 radical (unpaired) electrons. The first-order chi connectivity index (χ1) is 12.7. The van der Waals surface area contributed by atoms with Crippen molar-refractivity contribution >= 4 is 11.7 Å². The van der Waals surface area contributed by atoms with Crippen LogP contribution in [0.4, 0.5) is 5.69 Å². The topological polar surface area (TPSA) is 47.6 Å². The molecule has 2 aromatic rings. The molecule has 0 amide bonds. The number of nitrogens with one attached hydrogen (secondary N) is 1. The normalized spacial score (nSPS) is 22.9. The molecule has 0 aromatic heterocycles. The van der Waals surface area contributed by atoms with Gasteiger partial charge in [0.05, 0.1) is 25.3 Å². The molecule has 4 heteroatoms. The molecule has 1 heterocycles. The number of ether oxygens (including phenoxy) is 2. The summed E-state index contributed by atoms with van der Waals surface area (Å²) in [6.45, 7) is 2.66. The van der Waals surface area contributed by atoms with Crippen LogP contribution in [0.15, 0.2) is 54.6 Å². The van der Waals surface area contributed by atoms with E-state index < -0.39 is 0 Å². The summed E-state index contributed by atoms with van der Waals surface area (Å²) in [5, 5.41) is 3.69. The molecule has 134 valence electrons. The lowest BCUT2D eigenvalue weighted by Crippen LogP contribution is -2.29. The molecule has 2 aromatic carbocycles. The second kappa shape index (κ2) is 6.87. The van der Waals surface area contributed by atoms with Crippen LogP contribution < -0.4 is 10.1 Å². The first-order valence-corrected chi connectivity index (χ1v) is 9.09. The van der Waals surface area contributed by atoms with Crippen molar-refractivity contribution in [1.29, 1.82) is 0 Å². The van der Waals surface area contributed by atoms with E-state index in [9.17, 15) is 4.79 Å². The fourth-order valence-electron chi connectivity index (χ4n) is 4.11. The van der Waals surface area contributed by atoms with E-state index >= 15 is 0 Å². The van der Waals surface area contributed by atoms with E-state index in [1.54, 1.807) is 0 Å². The third kappa shape index (κ3) is 2.85. The Balaban J connectivity index is 1.67. The molecule has 1 aliphatic heterocycles. The number of fused-ring (bicyclic) bond motifs is 3. The zero-order valence-corrected chi connectivity index (χ0v) is 15.1. The molecular weight excluding hydrogens is 326 g/mol. The van der Waals surface area contributed by atoms with E-state index in [0.29, 0.717) is 24.0 Å². The van der Waals surface area contributed by atoms with Gasteiger partial charge in [0.25, 0.3) is 0 Å². The minimum Gasteiger partial charge on any atom is -0.494 e. The number of hydrogen-bond donors (Lipinski definition) is 1. The van der Waals surface area contributed by atoms with Gasteiger partial charge in [-0.05, 0) is 60.7 Å². The van der Waals surface area contributed by atoms with Crippen LogP contribution in [0, 0.1) is 5.92 Å². The Labute approximate surface area is 153 Å². The van der Waals surface area contributed by atoms with E-state index in [1.165, 1.54) is 18.2 Å². The predicted molar refractivity (Wildman–Crippen MR) is 102 cm³/mol. The summed E-state index contributed by atoms with van der Waals surface area (Å²) in [6.07, 6.45) is 5.54. The average Bonchev–Trinajstić information content (AvgIpc) is 3.17. The van der Waals surface area contributed by atoms with E-state index in [2.05, 4.69) is 29.6 Å². The number of esters is 1. The Kier molecular flexibility index (Phi) is 4.41. The third-order valence-corrected chi connectivity index (χ3v) is 5.33. The number of anilines is 1. The zero-order chi connectivity index (χ0) is 18.1. The van der Waals surface area contributed by atoms with Gasteiger partial charge < -0.3 is 14.8 Å². The highest BCUT2D eigenvalue weighted by atomic mass is 16.5. The van der Waals surface area contributed by atoms with Gasteiger partial charge in [0.1, 0.15) is 5.75 Å². The number of carbonyl (C=O) groups excluding carboxylic acids is 1. The van der Waals surface area contributed by atoms with E-state index in [-0.39, 0.29) is 12.0 Å². The first-order valence-electron chi connectivity index (χ1n) is 9.09. The fourth-order valence-corrected chi connectivity index (χ4v) is 4.11. The molecule has 3 atom stereocenters. The van der Waals surface area contributed by atoms with Gasteiger partial charge in [-0.2, -0.15) is 0 Å². The Morgan fingerprint density at radius 1 is 1.19 bits per heavy atom. The van der Waals surface area contributed by atoms with Crippen molar-refractivity contribution in [1.82, 2.24) is 0 Å². The monoisotopic (exact) mass is 349 g/mol. The average molecular weight is 349 g/mol. The molecule has 1 aliphatic carbocycles. The Hall–Kier alpha value is -2.75. The molecule has 26 heavy (non-hydrogen) atoms. The molecule has 1 N–H and O–H groups in total. The highest BCUT2D eigenvalue weighted by Gasteiger charge is 2.38. The predicted octanol–water partition coefficient (Wildman–Crippen LogP) is 4.70. The maximum absolute atomic E-state index is 11.9. The van der Waals surface area contributed by atoms with Crippen molar-refractivity contribution in [3.8, 4) is 5.75 Å². The zero-order valence-electron chi connectivity index (χ0n) is 15.1. The minimum absolute atomic E-state index is 0.238. The van der Waals surface area contributed by atoms with Crippen molar-refractivity contribution in [2.24, 2.45) is 5.92 Å².